The van der Waals surface area contributed by atoms with Crippen LogP contribution in [-0.4, -0.2) is 78.3 Å². The highest BCUT2D eigenvalue weighted by atomic mass is 19.4. The van der Waals surface area contributed by atoms with Crippen LogP contribution < -0.4 is 14.7 Å². The predicted molar refractivity (Wildman–Crippen MR) is 145 cm³/mol. The fourth-order valence-electron chi connectivity index (χ4n) is 5.13. The number of aromatic nitrogens is 3. The topological polar surface area (TPSA) is 51.6 Å². The minimum atomic E-state index is -4.47. The van der Waals surface area contributed by atoms with Gasteiger partial charge in [-0.25, -0.2) is 14.4 Å². The maximum atomic E-state index is 14.0. The van der Waals surface area contributed by atoms with Crippen molar-refractivity contribution in [1.29, 1.82) is 0 Å². The van der Waals surface area contributed by atoms with E-state index in [1.807, 2.05) is 6.07 Å². The van der Waals surface area contributed by atoms with Crippen molar-refractivity contribution < 1.29 is 17.6 Å². The number of anilines is 3. The number of aryl methyl sites for hydroxylation is 1. The summed E-state index contributed by atoms with van der Waals surface area (Å²) in [6.07, 6.45) is -3.08. The molecule has 0 bridgehead atoms. The van der Waals surface area contributed by atoms with Crippen molar-refractivity contribution in [1.82, 2.24) is 19.9 Å². The van der Waals surface area contributed by atoms with Crippen molar-refractivity contribution in [2.45, 2.75) is 33.0 Å². The Bertz CT molecular complexity index is 1300. The zero-order valence-corrected chi connectivity index (χ0v) is 22.4. The summed E-state index contributed by atoms with van der Waals surface area (Å²) in [7, 11) is 0. The summed E-state index contributed by atoms with van der Waals surface area (Å²) in [5.74, 6) is 1.000. The molecule has 0 amide bonds. The zero-order valence-electron chi connectivity index (χ0n) is 22.4. The Balaban J connectivity index is 1.41. The van der Waals surface area contributed by atoms with Gasteiger partial charge in [0, 0.05) is 76.2 Å². The van der Waals surface area contributed by atoms with E-state index in [0.717, 1.165) is 37.8 Å². The van der Waals surface area contributed by atoms with E-state index < -0.39 is 11.7 Å². The van der Waals surface area contributed by atoms with E-state index >= 15 is 0 Å². The minimum Gasteiger partial charge on any atom is -0.353 e. The SMILES string of the molecule is Cc1cc(-c2cc(N3CCN(c4ncccc4C(F)(F)F)CC3)nc(N3CCN(C(C)C)CC3)n2)ccc1F. The van der Waals surface area contributed by atoms with Gasteiger partial charge < -0.3 is 14.7 Å². The van der Waals surface area contributed by atoms with Crippen LogP contribution in [0.3, 0.4) is 0 Å². The first kappa shape index (κ1) is 27.1. The number of pyridine rings is 1. The minimum absolute atomic E-state index is 0.0430. The Labute approximate surface area is 226 Å². The molecule has 11 heteroatoms. The third-order valence-corrected chi connectivity index (χ3v) is 7.48. The second-order valence-corrected chi connectivity index (χ2v) is 10.3. The third-order valence-electron chi connectivity index (χ3n) is 7.48. The van der Waals surface area contributed by atoms with E-state index in [-0.39, 0.29) is 11.6 Å². The second-order valence-electron chi connectivity index (χ2n) is 10.3. The molecule has 0 saturated carbocycles. The molecule has 208 valence electrons. The molecule has 0 atom stereocenters. The monoisotopic (exact) mass is 543 g/mol. The highest BCUT2D eigenvalue weighted by Gasteiger charge is 2.36. The van der Waals surface area contributed by atoms with E-state index in [1.165, 1.54) is 18.3 Å². The second kappa shape index (κ2) is 11.0. The third kappa shape index (κ3) is 5.93. The average molecular weight is 544 g/mol. The van der Waals surface area contributed by atoms with E-state index in [4.69, 9.17) is 9.97 Å². The fraction of sp³-hybridized carbons (Fsp3) is 0.464. The molecular weight excluding hydrogens is 510 g/mol. The van der Waals surface area contributed by atoms with E-state index in [9.17, 15) is 17.6 Å². The van der Waals surface area contributed by atoms with Crippen LogP contribution in [-0.2, 0) is 6.18 Å². The lowest BCUT2D eigenvalue weighted by molar-refractivity contribution is -0.137. The molecule has 1 aromatic carbocycles. The van der Waals surface area contributed by atoms with E-state index in [2.05, 4.69) is 33.5 Å². The Morgan fingerprint density at radius 2 is 1.49 bits per heavy atom. The van der Waals surface area contributed by atoms with Crippen molar-refractivity contribution in [3.63, 3.8) is 0 Å². The molecule has 2 aliphatic rings. The quantitative estimate of drug-likeness (QED) is 0.426. The number of halogens is 4. The smallest absolute Gasteiger partial charge is 0.353 e. The molecule has 2 saturated heterocycles. The maximum absolute atomic E-state index is 14.0. The average Bonchev–Trinajstić information content (AvgIpc) is 2.94. The number of alkyl halides is 3. The fourth-order valence-corrected chi connectivity index (χ4v) is 5.13. The first-order valence-electron chi connectivity index (χ1n) is 13.3. The Hall–Kier alpha value is -3.47. The van der Waals surface area contributed by atoms with Crippen molar-refractivity contribution >= 4 is 17.6 Å². The van der Waals surface area contributed by atoms with E-state index in [1.54, 1.807) is 24.0 Å². The van der Waals surface area contributed by atoms with Crippen molar-refractivity contribution in [3.8, 4) is 11.3 Å². The summed E-state index contributed by atoms with van der Waals surface area (Å²) < 4.78 is 54.7. The molecule has 0 radical (unpaired) electrons. The Morgan fingerprint density at radius 3 is 2.13 bits per heavy atom. The standard InChI is InChI=1S/C28H33F4N7/c1-19(2)36-9-15-39(16-10-36)27-34-24(21-6-7-23(29)20(3)17-21)18-25(35-27)37-11-13-38(14-12-37)26-22(28(30,31)32)5-4-8-33-26/h4-8,17-19H,9-16H2,1-3H3. The van der Waals surface area contributed by atoms with Crippen LogP contribution in [0.2, 0.25) is 0 Å². The van der Waals surface area contributed by atoms with Gasteiger partial charge in [0.1, 0.15) is 17.5 Å². The van der Waals surface area contributed by atoms with Crippen LogP contribution in [0.4, 0.5) is 35.1 Å². The predicted octanol–water partition coefficient (Wildman–Crippen LogP) is 4.86. The largest absolute Gasteiger partial charge is 0.419 e. The molecule has 5 rings (SSSR count). The molecule has 3 aromatic rings. The van der Waals surface area contributed by atoms with Crippen LogP contribution in [0.25, 0.3) is 11.3 Å². The van der Waals surface area contributed by atoms with Gasteiger partial charge in [-0.1, -0.05) is 0 Å². The molecular formula is C28H33F4N7. The summed E-state index contributed by atoms with van der Waals surface area (Å²) in [4.78, 5) is 22.2. The van der Waals surface area contributed by atoms with Gasteiger partial charge >= 0.3 is 6.18 Å². The maximum Gasteiger partial charge on any atom is 0.419 e. The van der Waals surface area contributed by atoms with Crippen LogP contribution in [0.5, 0.6) is 0 Å². The highest BCUT2D eigenvalue weighted by Crippen LogP contribution is 2.36. The lowest BCUT2D eigenvalue weighted by Gasteiger charge is -2.38. The van der Waals surface area contributed by atoms with Crippen LogP contribution in [0, 0.1) is 12.7 Å². The summed E-state index contributed by atoms with van der Waals surface area (Å²) in [5.41, 5.74) is 1.29. The molecule has 4 heterocycles. The van der Waals surface area contributed by atoms with Crippen molar-refractivity contribution in [2.75, 3.05) is 67.1 Å². The molecule has 0 spiro atoms. The Kier molecular flexibility index (Phi) is 7.61. The van der Waals surface area contributed by atoms with Gasteiger partial charge in [0.05, 0.1) is 11.3 Å². The zero-order chi connectivity index (χ0) is 27.7. The number of piperazine rings is 2. The molecule has 0 N–H and O–H groups in total. The van der Waals surface area contributed by atoms with Crippen LogP contribution >= 0.6 is 0 Å². The lowest BCUT2D eigenvalue weighted by atomic mass is 10.1. The highest BCUT2D eigenvalue weighted by molar-refractivity contribution is 5.66. The summed E-state index contributed by atoms with van der Waals surface area (Å²) in [6.45, 7) is 11.2. The van der Waals surface area contributed by atoms with Crippen molar-refractivity contribution in [2.24, 2.45) is 0 Å². The Morgan fingerprint density at radius 1 is 0.821 bits per heavy atom. The normalized spacial score (nSPS) is 17.3. The molecule has 0 unspecified atom stereocenters. The van der Waals surface area contributed by atoms with Gasteiger partial charge in [-0.3, -0.25) is 4.90 Å². The van der Waals surface area contributed by atoms with Gasteiger partial charge in [0.25, 0.3) is 0 Å². The summed E-state index contributed by atoms with van der Waals surface area (Å²) in [6, 6.07) is 9.67. The lowest BCUT2D eigenvalue weighted by Crippen LogP contribution is -2.50. The molecule has 39 heavy (non-hydrogen) atoms. The van der Waals surface area contributed by atoms with Crippen molar-refractivity contribution in [3.05, 3.63) is 59.5 Å². The van der Waals surface area contributed by atoms with Crippen LogP contribution in [0.15, 0.2) is 42.6 Å². The molecule has 7 nitrogen and oxygen atoms in total. The molecule has 2 aromatic heterocycles. The number of hydrogen-bond acceptors (Lipinski definition) is 7. The molecule has 2 fully saturated rings. The van der Waals surface area contributed by atoms with E-state index in [0.29, 0.717) is 55.2 Å². The summed E-state index contributed by atoms with van der Waals surface area (Å²) >= 11 is 0. The van der Waals surface area contributed by atoms with Gasteiger partial charge in [0.2, 0.25) is 5.95 Å². The van der Waals surface area contributed by atoms with Gasteiger partial charge in [-0.15, -0.1) is 0 Å². The number of rotatable bonds is 5. The number of nitrogens with zero attached hydrogens (tertiary/aromatic N) is 7. The van der Waals surface area contributed by atoms with Gasteiger partial charge in [-0.05, 0) is 56.7 Å². The van der Waals surface area contributed by atoms with Gasteiger partial charge in [-0.2, -0.15) is 18.2 Å². The first-order chi connectivity index (χ1) is 18.6. The van der Waals surface area contributed by atoms with Gasteiger partial charge in [0.15, 0.2) is 0 Å². The number of benzene rings is 1. The van der Waals surface area contributed by atoms with Crippen LogP contribution in [0.1, 0.15) is 25.0 Å². The first-order valence-corrected chi connectivity index (χ1v) is 13.3. The summed E-state index contributed by atoms with van der Waals surface area (Å²) in [5, 5.41) is 0. The molecule has 2 aliphatic heterocycles. The molecule has 0 aliphatic carbocycles. The number of hydrogen-bond donors (Lipinski definition) is 0.